The lowest BCUT2D eigenvalue weighted by molar-refractivity contribution is -0.105. The van der Waals surface area contributed by atoms with Gasteiger partial charge in [0.05, 0.1) is 31.2 Å². The summed E-state index contributed by atoms with van der Waals surface area (Å²) in [4.78, 5) is 0. The van der Waals surface area contributed by atoms with Gasteiger partial charge in [0.25, 0.3) is 0 Å². The fraction of sp³-hybridized carbons (Fsp3) is 1.00. The lowest BCUT2D eigenvalue weighted by Gasteiger charge is -2.37. The maximum Gasteiger partial charge on any atom is 0.150 e. The number of hydrogen-bond donors (Lipinski definition) is 1. The monoisotopic (exact) mass is 277 g/mol. The van der Waals surface area contributed by atoms with Crippen molar-refractivity contribution in [3.8, 4) is 0 Å². The SMILES string of the molecule is CS(=O)(=O)C1CCCC(C(N)C2COCCO2)C1. The molecule has 4 unspecified atom stereocenters. The van der Waals surface area contributed by atoms with Crippen molar-refractivity contribution < 1.29 is 17.9 Å². The second-order valence-electron chi connectivity index (χ2n) is 5.44. The van der Waals surface area contributed by atoms with Crippen molar-refractivity contribution in [3.05, 3.63) is 0 Å². The van der Waals surface area contributed by atoms with E-state index in [0.29, 0.717) is 26.2 Å². The first kappa shape index (κ1) is 14.2. The Hall–Kier alpha value is -0.170. The molecular formula is C12H23NO4S. The number of sulfone groups is 1. The van der Waals surface area contributed by atoms with Gasteiger partial charge in [-0.25, -0.2) is 8.42 Å². The molecule has 0 radical (unpaired) electrons. The van der Waals surface area contributed by atoms with Gasteiger partial charge in [-0.1, -0.05) is 6.42 Å². The highest BCUT2D eigenvalue weighted by Crippen LogP contribution is 2.31. The van der Waals surface area contributed by atoms with E-state index in [1.165, 1.54) is 6.26 Å². The highest BCUT2D eigenvalue weighted by molar-refractivity contribution is 7.91. The Morgan fingerprint density at radius 3 is 2.67 bits per heavy atom. The van der Waals surface area contributed by atoms with Crippen LogP contribution in [0.1, 0.15) is 25.7 Å². The van der Waals surface area contributed by atoms with Gasteiger partial charge in [0, 0.05) is 12.3 Å². The molecule has 2 N–H and O–H groups in total. The summed E-state index contributed by atoms with van der Waals surface area (Å²) in [6.45, 7) is 1.74. The zero-order chi connectivity index (χ0) is 13.2. The molecule has 6 heteroatoms. The molecule has 4 atom stereocenters. The van der Waals surface area contributed by atoms with Gasteiger partial charge in [-0.05, 0) is 25.2 Å². The molecule has 1 aliphatic heterocycles. The Kier molecular flexibility index (Phi) is 4.64. The Morgan fingerprint density at radius 1 is 1.28 bits per heavy atom. The molecule has 2 fully saturated rings. The molecule has 1 saturated heterocycles. The van der Waals surface area contributed by atoms with Gasteiger partial charge in [0.2, 0.25) is 0 Å². The maximum atomic E-state index is 11.6. The Balaban J connectivity index is 1.95. The van der Waals surface area contributed by atoms with Crippen molar-refractivity contribution in [2.45, 2.75) is 43.1 Å². The smallest absolute Gasteiger partial charge is 0.150 e. The third-order valence-electron chi connectivity index (χ3n) is 4.09. The standard InChI is InChI=1S/C12H23NO4S/c1-18(14,15)10-4-2-3-9(7-10)12(13)11-8-16-5-6-17-11/h9-12H,2-8,13H2,1H3. The van der Waals surface area contributed by atoms with Crippen LogP contribution in [0, 0.1) is 5.92 Å². The summed E-state index contributed by atoms with van der Waals surface area (Å²) in [6, 6.07) is -0.116. The topological polar surface area (TPSA) is 78.6 Å². The molecule has 1 heterocycles. The van der Waals surface area contributed by atoms with Crippen LogP contribution in [0.5, 0.6) is 0 Å². The van der Waals surface area contributed by atoms with Crippen molar-refractivity contribution in [2.75, 3.05) is 26.1 Å². The molecule has 0 aromatic heterocycles. The van der Waals surface area contributed by atoms with Gasteiger partial charge < -0.3 is 15.2 Å². The van der Waals surface area contributed by atoms with E-state index in [9.17, 15) is 8.42 Å². The van der Waals surface area contributed by atoms with Gasteiger partial charge in [-0.3, -0.25) is 0 Å². The first-order chi connectivity index (χ1) is 8.48. The van der Waals surface area contributed by atoms with E-state index in [1.54, 1.807) is 0 Å². The van der Waals surface area contributed by atoms with Crippen LogP contribution in [0.4, 0.5) is 0 Å². The molecule has 0 aromatic rings. The van der Waals surface area contributed by atoms with Crippen LogP contribution in [0.3, 0.4) is 0 Å². The van der Waals surface area contributed by atoms with Crippen LogP contribution >= 0.6 is 0 Å². The minimum absolute atomic E-state index is 0.0814. The Bertz CT molecular complexity index is 364. The largest absolute Gasteiger partial charge is 0.376 e. The lowest BCUT2D eigenvalue weighted by atomic mass is 9.82. The van der Waals surface area contributed by atoms with Crippen molar-refractivity contribution in [1.29, 1.82) is 0 Å². The predicted octanol–water partition coefficient (Wildman–Crippen LogP) is 0.333. The van der Waals surface area contributed by atoms with Gasteiger partial charge in [0.1, 0.15) is 9.84 Å². The van der Waals surface area contributed by atoms with Gasteiger partial charge in [0.15, 0.2) is 0 Å². The van der Waals surface area contributed by atoms with Crippen LogP contribution in [-0.2, 0) is 19.3 Å². The zero-order valence-corrected chi connectivity index (χ0v) is 11.7. The van der Waals surface area contributed by atoms with E-state index in [-0.39, 0.29) is 23.3 Å². The normalized spacial score (nSPS) is 36.2. The number of nitrogens with two attached hydrogens (primary N) is 1. The molecular weight excluding hydrogens is 254 g/mol. The van der Waals surface area contributed by atoms with E-state index in [1.807, 2.05) is 0 Å². The first-order valence-corrected chi connectivity index (χ1v) is 8.57. The molecule has 0 bridgehead atoms. The van der Waals surface area contributed by atoms with Gasteiger partial charge in [-0.15, -0.1) is 0 Å². The highest BCUT2D eigenvalue weighted by Gasteiger charge is 2.35. The quantitative estimate of drug-likeness (QED) is 0.804. The van der Waals surface area contributed by atoms with Gasteiger partial charge in [-0.2, -0.15) is 0 Å². The van der Waals surface area contributed by atoms with Crippen molar-refractivity contribution >= 4 is 9.84 Å². The molecule has 1 aliphatic carbocycles. The summed E-state index contributed by atoms with van der Waals surface area (Å²) in [7, 11) is -2.95. The Morgan fingerprint density at radius 2 is 2.06 bits per heavy atom. The molecule has 18 heavy (non-hydrogen) atoms. The van der Waals surface area contributed by atoms with Crippen LogP contribution in [0.2, 0.25) is 0 Å². The first-order valence-electron chi connectivity index (χ1n) is 6.62. The lowest BCUT2D eigenvalue weighted by Crippen LogP contribution is -2.49. The number of hydrogen-bond acceptors (Lipinski definition) is 5. The summed E-state index contributed by atoms with van der Waals surface area (Å²) >= 11 is 0. The summed E-state index contributed by atoms with van der Waals surface area (Å²) in [5.74, 6) is 0.227. The summed E-state index contributed by atoms with van der Waals surface area (Å²) < 4.78 is 34.2. The van der Waals surface area contributed by atoms with E-state index in [4.69, 9.17) is 15.2 Å². The molecule has 0 spiro atoms. The van der Waals surface area contributed by atoms with Crippen molar-refractivity contribution in [1.82, 2.24) is 0 Å². The second kappa shape index (κ2) is 5.86. The van der Waals surface area contributed by atoms with E-state index < -0.39 is 9.84 Å². The highest BCUT2D eigenvalue weighted by atomic mass is 32.2. The maximum absolute atomic E-state index is 11.6. The second-order valence-corrected chi connectivity index (χ2v) is 7.77. The third-order valence-corrected chi connectivity index (χ3v) is 5.73. The van der Waals surface area contributed by atoms with E-state index >= 15 is 0 Å². The van der Waals surface area contributed by atoms with Crippen molar-refractivity contribution in [3.63, 3.8) is 0 Å². The van der Waals surface area contributed by atoms with Crippen LogP contribution < -0.4 is 5.73 Å². The van der Waals surface area contributed by atoms with E-state index in [0.717, 1.165) is 19.3 Å². The van der Waals surface area contributed by atoms with E-state index in [2.05, 4.69) is 0 Å². The van der Waals surface area contributed by atoms with Crippen molar-refractivity contribution in [2.24, 2.45) is 11.7 Å². The molecule has 0 aromatic carbocycles. The average Bonchev–Trinajstić information content (AvgIpc) is 2.38. The molecule has 106 valence electrons. The number of rotatable bonds is 3. The molecule has 0 amide bonds. The molecule has 2 aliphatic rings. The Labute approximate surface area is 109 Å². The predicted molar refractivity (Wildman–Crippen MR) is 69.1 cm³/mol. The number of ether oxygens (including phenoxy) is 2. The fourth-order valence-electron chi connectivity index (χ4n) is 2.95. The summed E-state index contributed by atoms with van der Waals surface area (Å²) in [5.41, 5.74) is 6.23. The summed E-state index contributed by atoms with van der Waals surface area (Å²) in [5, 5.41) is -0.230. The molecule has 1 saturated carbocycles. The fourth-order valence-corrected chi connectivity index (χ4v) is 4.14. The van der Waals surface area contributed by atoms with Crippen LogP contribution in [-0.4, -0.2) is 51.9 Å². The molecule has 2 rings (SSSR count). The zero-order valence-electron chi connectivity index (χ0n) is 10.9. The third kappa shape index (κ3) is 3.44. The molecule has 5 nitrogen and oxygen atoms in total. The minimum Gasteiger partial charge on any atom is -0.376 e. The van der Waals surface area contributed by atoms with Crippen LogP contribution in [0.25, 0.3) is 0 Å². The summed E-state index contributed by atoms with van der Waals surface area (Å²) in [6.07, 6.45) is 4.61. The average molecular weight is 277 g/mol. The van der Waals surface area contributed by atoms with Crippen LogP contribution in [0.15, 0.2) is 0 Å². The van der Waals surface area contributed by atoms with Gasteiger partial charge >= 0.3 is 0 Å². The minimum atomic E-state index is -2.95.